The van der Waals surface area contributed by atoms with Gasteiger partial charge in [-0.2, -0.15) is 0 Å². The van der Waals surface area contributed by atoms with Crippen LogP contribution in [0, 0.1) is 23.7 Å². The van der Waals surface area contributed by atoms with Crippen LogP contribution in [0.25, 0.3) is 0 Å². The number of aliphatic hydroxyl groups is 5. The number of benzene rings is 2. The quantitative estimate of drug-likeness (QED) is 0.0280. The molecule has 20 unspecified atom stereocenters. The van der Waals surface area contributed by atoms with Gasteiger partial charge in [-0.1, -0.05) is 95.3 Å². The van der Waals surface area contributed by atoms with E-state index in [0.29, 0.717) is 34.4 Å². The number of methoxy groups -OCH3 is 1. The van der Waals surface area contributed by atoms with Crippen LogP contribution in [0.4, 0.5) is 4.79 Å². The van der Waals surface area contributed by atoms with Crippen LogP contribution < -0.4 is 21.3 Å². The fourth-order valence-electron chi connectivity index (χ4n) is 13.9. The summed E-state index contributed by atoms with van der Waals surface area (Å²) >= 11 is 1.33. The Morgan fingerprint density at radius 1 is 0.818 bits per heavy atom. The van der Waals surface area contributed by atoms with Crippen LogP contribution >= 0.6 is 11.3 Å². The minimum Gasteiger partial charge on any atom is -0.459 e. The highest BCUT2D eigenvalue weighted by molar-refractivity contribution is 7.12. The molecule has 0 spiro atoms. The third kappa shape index (κ3) is 22.1. The van der Waals surface area contributed by atoms with Crippen molar-refractivity contribution >= 4 is 52.7 Å². The van der Waals surface area contributed by atoms with E-state index in [1.54, 1.807) is 122 Å². The van der Waals surface area contributed by atoms with Crippen LogP contribution in [0.3, 0.4) is 0 Å². The number of rotatable bonds is 26. The number of ether oxygens (including phenoxy) is 6. The van der Waals surface area contributed by atoms with Crippen molar-refractivity contribution in [3.05, 3.63) is 93.7 Å². The zero-order chi connectivity index (χ0) is 73.4. The van der Waals surface area contributed by atoms with Gasteiger partial charge >= 0.3 is 12.0 Å². The maximum Gasteiger partial charge on any atom is 0.324 e. The topological polar surface area (TPSA) is 334 Å². The van der Waals surface area contributed by atoms with Crippen LogP contribution in [-0.2, 0) is 58.8 Å². The maximum absolute atomic E-state index is 14.8. The van der Waals surface area contributed by atoms with Crippen LogP contribution in [0.1, 0.15) is 161 Å². The number of thiophene rings is 1. The Bertz CT molecular complexity index is 3090. The third-order valence-electron chi connectivity index (χ3n) is 20.0. The minimum atomic E-state index is -2.04. The van der Waals surface area contributed by atoms with Gasteiger partial charge in [-0.15, -0.1) is 11.3 Å². The summed E-state index contributed by atoms with van der Waals surface area (Å²) in [6, 6.07) is 15.8. The van der Waals surface area contributed by atoms with Gasteiger partial charge in [-0.25, -0.2) is 4.79 Å². The number of hydrogen-bond donors (Lipinski definition) is 9. The lowest BCUT2D eigenvalue weighted by molar-refractivity contribution is -0.318. The number of aliphatic hydroxyl groups excluding tert-OH is 3. The summed E-state index contributed by atoms with van der Waals surface area (Å²) in [6.07, 6.45) is -9.43. The number of amides is 6. The van der Waals surface area contributed by atoms with Gasteiger partial charge in [0, 0.05) is 69.7 Å². The van der Waals surface area contributed by atoms with E-state index in [-0.39, 0.29) is 82.1 Å². The molecule has 20 atom stereocenters. The van der Waals surface area contributed by atoms with Gasteiger partial charge in [-0.3, -0.25) is 38.6 Å². The molecule has 3 aromatic rings. The first kappa shape index (κ1) is 82.1. The SMILES string of the molecule is CCC1OC(=O)C(C)C(OC2CC(C)(OC)C(O)C(C)O2)C(C)C(OC2OC(C)CC(N(C)C)C2O)C(C)(O)CC(C)CN(CCCNC(=O)CNC(=O)N(CCC(C)C)C(=O)C(Cc2ccccc2)NC(=O)CNC(=O)C(C)c2ccc(C(=O)c3cccs3)cc2)C(C)C(O)C1(C)O. The van der Waals surface area contributed by atoms with E-state index in [0.717, 1.165) is 4.90 Å². The number of nitrogens with zero attached hydrogens (tertiary/aromatic N) is 3. The number of esters is 1. The maximum atomic E-state index is 14.8. The summed E-state index contributed by atoms with van der Waals surface area (Å²) in [7, 11) is 5.17. The number of imide groups is 1. The van der Waals surface area contributed by atoms with Crippen molar-refractivity contribution in [3.63, 3.8) is 0 Å². The van der Waals surface area contributed by atoms with Crippen LogP contribution in [0.5, 0.6) is 0 Å². The van der Waals surface area contributed by atoms with Crippen molar-refractivity contribution in [1.29, 1.82) is 0 Å². The molecule has 9 N–H and O–H groups in total. The van der Waals surface area contributed by atoms with Crippen molar-refractivity contribution in [3.8, 4) is 0 Å². The number of ketones is 1. The van der Waals surface area contributed by atoms with Crippen LogP contribution in [-0.4, -0.2) is 238 Å². The normalized spacial score (nSPS) is 31.9. The highest BCUT2D eigenvalue weighted by Crippen LogP contribution is 2.41. The molecular formula is C73H113N7O18S. The third-order valence-corrected chi connectivity index (χ3v) is 20.8. The molecule has 26 heteroatoms. The molecule has 3 aliphatic heterocycles. The van der Waals surface area contributed by atoms with Crippen LogP contribution in [0.2, 0.25) is 0 Å². The molecule has 1 aromatic heterocycles. The van der Waals surface area contributed by atoms with Gasteiger partial charge in [0.1, 0.15) is 36.1 Å². The van der Waals surface area contributed by atoms with E-state index >= 15 is 0 Å². The van der Waals surface area contributed by atoms with Crippen molar-refractivity contribution in [1.82, 2.24) is 36.0 Å². The van der Waals surface area contributed by atoms with Crippen molar-refractivity contribution < 1.29 is 87.5 Å². The monoisotopic (exact) mass is 1410 g/mol. The average Bonchev–Trinajstić information content (AvgIpc) is 1.58. The summed E-state index contributed by atoms with van der Waals surface area (Å²) in [5, 5.41) is 73.5. The van der Waals surface area contributed by atoms with E-state index in [1.165, 1.54) is 25.4 Å². The Hall–Kier alpha value is -5.85. The Morgan fingerprint density at radius 3 is 2.10 bits per heavy atom. The molecule has 0 saturated carbocycles. The molecule has 2 aromatic carbocycles. The molecule has 3 fully saturated rings. The first-order valence-electron chi connectivity index (χ1n) is 35.0. The number of carbonyl (C=O) groups is 7. The molecule has 99 heavy (non-hydrogen) atoms. The van der Waals surface area contributed by atoms with Gasteiger partial charge in [-0.05, 0) is 136 Å². The van der Waals surface area contributed by atoms with Crippen molar-refractivity contribution in [2.75, 3.05) is 60.5 Å². The molecule has 0 aliphatic carbocycles. The lowest BCUT2D eigenvalue weighted by Crippen LogP contribution is -2.60. The van der Waals surface area contributed by atoms with Gasteiger partial charge in [0.25, 0.3) is 5.91 Å². The summed E-state index contributed by atoms with van der Waals surface area (Å²) in [4.78, 5) is 103. The van der Waals surface area contributed by atoms with E-state index < -0.39 is 157 Å². The molecule has 554 valence electrons. The molecular weight excluding hydrogens is 1290 g/mol. The molecule has 0 bridgehead atoms. The Kier molecular flexibility index (Phi) is 30.6. The molecule has 6 amide bonds. The average molecular weight is 1410 g/mol. The van der Waals surface area contributed by atoms with Crippen LogP contribution in [0.15, 0.2) is 72.1 Å². The van der Waals surface area contributed by atoms with E-state index in [9.17, 15) is 59.1 Å². The zero-order valence-corrected chi connectivity index (χ0v) is 61.6. The first-order valence-corrected chi connectivity index (χ1v) is 35.8. The number of hydrogen-bond acceptors (Lipinski definition) is 21. The lowest BCUT2D eigenvalue weighted by atomic mass is 9.77. The molecule has 0 radical (unpaired) electrons. The number of likely N-dealkylation sites (N-methyl/N-ethyl adjacent to an activating group) is 1. The first-order chi connectivity index (χ1) is 46.5. The summed E-state index contributed by atoms with van der Waals surface area (Å²) in [5.74, 6) is -6.51. The number of cyclic esters (lactones) is 1. The van der Waals surface area contributed by atoms with E-state index in [1.807, 2.05) is 57.0 Å². The highest BCUT2D eigenvalue weighted by Gasteiger charge is 2.53. The predicted molar refractivity (Wildman–Crippen MR) is 373 cm³/mol. The zero-order valence-electron chi connectivity index (χ0n) is 60.8. The largest absolute Gasteiger partial charge is 0.459 e. The Morgan fingerprint density at radius 2 is 1.48 bits per heavy atom. The number of urea groups is 1. The molecule has 6 rings (SSSR count). The van der Waals surface area contributed by atoms with Gasteiger partial charge in [0.05, 0.1) is 65.4 Å². The molecule has 25 nitrogen and oxygen atoms in total. The van der Waals surface area contributed by atoms with E-state index in [2.05, 4.69) is 21.3 Å². The molecule has 4 heterocycles. The van der Waals surface area contributed by atoms with Gasteiger partial charge in [0.15, 0.2) is 12.6 Å². The van der Waals surface area contributed by atoms with E-state index in [4.69, 9.17) is 28.4 Å². The highest BCUT2D eigenvalue weighted by atomic mass is 32.1. The fourth-order valence-corrected chi connectivity index (χ4v) is 14.5. The standard InChI is InChI=1S/C73H113N7O18S/c1-17-56-73(13,92)63(85)48(9)79(41-43(4)37-71(11,91)65(98-69-61(84)54(78(14)15)35-44(5)94-69)46(7)62(47(8)68(89)96-56)97-59-38-72(12,93-16)64(86)49(10)95-59)32-22-31-74-57(81)39-76-70(90)80(33-30-42(2)3)67(88)53(36-50-23-19-18-20-24-50)77-58(82)40-75-66(87)45(6)51-26-28-52(29-27-51)60(83)55-25-21-34-99-55/h18-21,23-29,34,42-49,53-54,56,59,61-65,69,84-86,91-92H,17,22,30-33,35-41H2,1-16H3,(H,74,81)(H,75,87)(H,76,90)(H,77,82). The number of carbonyl (C=O) groups excluding carboxylic acids is 7. The van der Waals surface area contributed by atoms with Gasteiger partial charge < -0.3 is 80.1 Å². The second-order valence-corrected chi connectivity index (χ2v) is 29.9. The smallest absolute Gasteiger partial charge is 0.324 e. The Balaban J connectivity index is 1.16. The molecule has 3 aliphatic rings. The fraction of sp³-hybridized carbons (Fsp3) is 0.685. The van der Waals surface area contributed by atoms with Crippen molar-refractivity contribution in [2.24, 2.45) is 23.7 Å². The molecule has 3 saturated heterocycles. The lowest BCUT2D eigenvalue weighted by Gasteiger charge is -2.48. The predicted octanol–water partition coefficient (Wildman–Crippen LogP) is 5.30. The minimum absolute atomic E-state index is 0.00636. The van der Waals surface area contributed by atoms with Gasteiger partial charge in [0.2, 0.25) is 23.5 Å². The Labute approximate surface area is 588 Å². The summed E-state index contributed by atoms with van der Waals surface area (Å²) in [6.45, 7) is 22.0. The summed E-state index contributed by atoms with van der Waals surface area (Å²) < 4.78 is 38.3. The number of nitrogens with one attached hydrogen (secondary N) is 4. The van der Waals surface area contributed by atoms with Crippen molar-refractivity contribution in [2.45, 2.75) is 237 Å². The second kappa shape index (κ2) is 36.8. The second-order valence-electron chi connectivity index (χ2n) is 28.9. The summed E-state index contributed by atoms with van der Waals surface area (Å²) in [5.41, 5.74) is -3.15.